The molecule has 9 nitrogen and oxygen atoms in total. The standard InChI is InChI=1S/C49H88N4O5/c1-3-5-7-9-11-13-15-17-19-21-23-25-27-29-31-36-46(54)51-43-39-42(48(56)53-45(49(57)58)35-33-34-38-50)40-44(41-43)52-47(55)37-32-30-28-26-24-22-20-18-16-14-12-10-8-6-4-2/h39-41,45H,3-38,50H2,1-2H3,(H,51,54)(H,52,55)(H,53,56)(H,57,58)/t45-/m0/s1. The molecule has 9 heteroatoms. The summed E-state index contributed by atoms with van der Waals surface area (Å²) >= 11 is 0. The molecule has 0 saturated heterocycles. The Labute approximate surface area is 355 Å². The minimum Gasteiger partial charge on any atom is -0.480 e. The van der Waals surface area contributed by atoms with Crippen LogP contribution in [0.1, 0.15) is 249 Å². The van der Waals surface area contributed by atoms with Crippen molar-refractivity contribution in [1.82, 2.24) is 5.32 Å². The fourth-order valence-corrected chi connectivity index (χ4v) is 7.66. The first-order valence-corrected chi connectivity index (χ1v) is 24.3. The molecule has 1 atom stereocenters. The zero-order chi connectivity index (χ0) is 42.3. The smallest absolute Gasteiger partial charge is 0.326 e. The number of amides is 3. The minimum atomic E-state index is -1.12. The molecule has 1 aromatic carbocycles. The van der Waals surface area contributed by atoms with E-state index in [4.69, 9.17) is 5.73 Å². The summed E-state index contributed by atoms with van der Waals surface area (Å²) in [6.45, 7) is 4.97. The quantitative estimate of drug-likeness (QED) is 0.0415. The van der Waals surface area contributed by atoms with Gasteiger partial charge in [0, 0.05) is 29.8 Å². The van der Waals surface area contributed by atoms with Crippen LogP contribution in [-0.2, 0) is 14.4 Å². The van der Waals surface area contributed by atoms with Crippen LogP contribution >= 0.6 is 0 Å². The molecule has 0 bridgehead atoms. The van der Waals surface area contributed by atoms with Gasteiger partial charge in [-0.2, -0.15) is 0 Å². The summed E-state index contributed by atoms with van der Waals surface area (Å²) in [6, 6.07) is 3.69. The van der Waals surface area contributed by atoms with Gasteiger partial charge >= 0.3 is 5.97 Å². The highest BCUT2D eigenvalue weighted by Gasteiger charge is 2.21. The zero-order valence-corrected chi connectivity index (χ0v) is 37.4. The van der Waals surface area contributed by atoms with Crippen molar-refractivity contribution < 1.29 is 24.3 Å². The van der Waals surface area contributed by atoms with E-state index in [2.05, 4.69) is 29.8 Å². The number of unbranched alkanes of at least 4 members (excludes halogenated alkanes) is 29. The van der Waals surface area contributed by atoms with Gasteiger partial charge < -0.3 is 26.8 Å². The van der Waals surface area contributed by atoms with Crippen LogP contribution < -0.4 is 21.7 Å². The van der Waals surface area contributed by atoms with Crippen molar-refractivity contribution >= 4 is 35.1 Å². The van der Waals surface area contributed by atoms with Crippen LogP contribution in [0.2, 0.25) is 0 Å². The first-order chi connectivity index (χ1) is 28.3. The summed E-state index contributed by atoms with van der Waals surface area (Å²) in [7, 11) is 0. The summed E-state index contributed by atoms with van der Waals surface area (Å²) in [5.41, 5.74) is 6.55. The van der Waals surface area contributed by atoms with Crippen LogP contribution in [0.4, 0.5) is 11.4 Å². The predicted molar refractivity (Wildman–Crippen MR) is 245 cm³/mol. The Morgan fingerprint density at radius 3 is 1.12 bits per heavy atom. The number of benzene rings is 1. The number of carboxylic acid groups (broad SMARTS) is 1. The monoisotopic (exact) mass is 813 g/mol. The Kier molecular flexibility index (Phi) is 35.0. The van der Waals surface area contributed by atoms with Crippen molar-refractivity contribution in [3.8, 4) is 0 Å². The number of carbonyl (C=O) groups excluding carboxylic acids is 3. The molecule has 0 heterocycles. The van der Waals surface area contributed by atoms with Gasteiger partial charge in [0.1, 0.15) is 6.04 Å². The fourth-order valence-electron chi connectivity index (χ4n) is 7.66. The molecule has 0 unspecified atom stereocenters. The van der Waals surface area contributed by atoms with Crippen LogP contribution in [0.5, 0.6) is 0 Å². The SMILES string of the molecule is CCCCCCCCCCCCCCCCCC(=O)Nc1cc(NC(=O)CCCCCCCCCCCCCCCCC)cc(C(=O)N[C@@H](CCCCN)C(=O)O)c1. The van der Waals surface area contributed by atoms with E-state index in [-0.39, 0.29) is 23.8 Å². The third-order valence-corrected chi connectivity index (χ3v) is 11.3. The molecule has 0 fully saturated rings. The van der Waals surface area contributed by atoms with E-state index in [0.717, 1.165) is 38.5 Å². The van der Waals surface area contributed by atoms with E-state index in [9.17, 15) is 24.3 Å². The normalized spacial score (nSPS) is 11.7. The zero-order valence-electron chi connectivity index (χ0n) is 37.4. The van der Waals surface area contributed by atoms with E-state index < -0.39 is 17.9 Å². The molecule has 0 aliphatic carbocycles. The van der Waals surface area contributed by atoms with Gasteiger partial charge in [-0.3, -0.25) is 14.4 Å². The maximum atomic E-state index is 13.3. The lowest BCUT2D eigenvalue weighted by Gasteiger charge is -2.16. The second-order valence-corrected chi connectivity index (χ2v) is 16.9. The number of hydrogen-bond acceptors (Lipinski definition) is 5. The molecule has 0 aliphatic rings. The second-order valence-electron chi connectivity index (χ2n) is 16.9. The Morgan fingerprint density at radius 1 is 0.483 bits per heavy atom. The van der Waals surface area contributed by atoms with Crippen molar-refractivity contribution in [2.75, 3.05) is 17.2 Å². The van der Waals surface area contributed by atoms with Crippen LogP contribution in [0, 0.1) is 0 Å². The average molecular weight is 813 g/mol. The molecule has 6 N–H and O–H groups in total. The number of carbonyl (C=O) groups is 4. The van der Waals surface area contributed by atoms with Crippen molar-refractivity contribution in [3.63, 3.8) is 0 Å². The number of nitrogens with one attached hydrogen (secondary N) is 3. The summed E-state index contributed by atoms with van der Waals surface area (Å²) in [6.07, 6.45) is 40.0. The Bertz CT molecular complexity index is 1130. The Hall–Kier alpha value is -2.94. The summed E-state index contributed by atoms with van der Waals surface area (Å²) < 4.78 is 0. The first kappa shape index (κ1) is 53.1. The molecule has 0 aromatic heterocycles. The number of hydrogen-bond donors (Lipinski definition) is 5. The van der Waals surface area contributed by atoms with Crippen molar-refractivity contribution in [1.29, 1.82) is 0 Å². The molecule has 1 rings (SSSR count). The van der Waals surface area contributed by atoms with Crippen molar-refractivity contribution in [2.24, 2.45) is 5.73 Å². The van der Waals surface area contributed by atoms with E-state index in [0.29, 0.717) is 43.6 Å². The molecule has 3 amide bonds. The molecule has 0 spiro atoms. The second kappa shape index (κ2) is 38.3. The van der Waals surface area contributed by atoms with E-state index in [1.165, 1.54) is 154 Å². The van der Waals surface area contributed by atoms with Gasteiger partial charge in [-0.1, -0.05) is 194 Å². The predicted octanol–water partition coefficient (Wildman–Crippen LogP) is 13.4. The van der Waals surface area contributed by atoms with Gasteiger partial charge in [0.05, 0.1) is 0 Å². The molecule has 0 radical (unpaired) electrons. The number of anilines is 2. The van der Waals surface area contributed by atoms with Gasteiger partial charge in [-0.05, 0) is 56.8 Å². The number of carboxylic acids is 1. The van der Waals surface area contributed by atoms with Crippen LogP contribution in [-0.4, -0.2) is 41.4 Å². The van der Waals surface area contributed by atoms with E-state index in [1.807, 2.05) is 0 Å². The maximum Gasteiger partial charge on any atom is 0.326 e. The van der Waals surface area contributed by atoms with Gasteiger partial charge in [0.25, 0.3) is 5.91 Å². The fraction of sp³-hybridized carbons (Fsp3) is 0.796. The molecule has 0 aliphatic heterocycles. The molecule has 1 aromatic rings. The van der Waals surface area contributed by atoms with Gasteiger partial charge in [-0.15, -0.1) is 0 Å². The van der Waals surface area contributed by atoms with Crippen molar-refractivity contribution in [2.45, 2.75) is 245 Å². The molecular formula is C49H88N4O5. The van der Waals surface area contributed by atoms with E-state index in [1.54, 1.807) is 18.2 Å². The first-order valence-electron chi connectivity index (χ1n) is 24.3. The van der Waals surface area contributed by atoms with Gasteiger partial charge in [0.2, 0.25) is 11.8 Å². The third-order valence-electron chi connectivity index (χ3n) is 11.3. The number of aliphatic carboxylic acids is 1. The summed E-state index contributed by atoms with van der Waals surface area (Å²) in [5, 5.41) is 18.2. The van der Waals surface area contributed by atoms with Gasteiger partial charge in [-0.25, -0.2) is 4.79 Å². The Balaban J connectivity index is 2.52. The van der Waals surface area contributed by atoms with E-state index >= 15 is 0 Å². The van der Waals surface area contributed by atoms with Crippen molar-refractivity contribution in [3.05, 3.63) is 23.8 Å². The lowest BCUT2D eigenvalue weighted by Crippen LogP contribution is -2.40. The number of rotatable bonds is 41. The third kappa shape index (κ3) is 31.0. The number of nitrogens with two attached hydrogens (primary N) is 1. The molecule has 0 saturated carbocycles. The highest BCUT2D eigenvalue weighted by Crippen LogP contribution is 2.22. The average Bonchev–Trinajstić information content (AvgIpc) is 3.20. The Morgan fingerprint density at radius 2 is 0.810 bits per heavy atom. The van der Waals surface area contributed by atoms with Crippen LogP contribution in [0.3, 0.4) is 0 Å². The lowest BCUT2D eigenvalue weighted by atomic mass is 10.0. The molecule has 58 heavy (non-hydrogen) atoms. The maximum absolute atomic E-state index is 13.3. The van der Waals surface area contributed by atoms with Crippen LogP contribution in [0.15, 0.2) is 18.2 Å². The largest absolute Gasteiger partial charge is 0.480 e. The minimum absolute atomic E-state index is 0.146. The topological polar surface area (TPSA) is 151 Å². The molecular weight excluding hydrogens is 725 g/mol. The summed E-state index contributed by atoms with van der Waals surface area (Å²) in [5.74, 6) is -1.98. The van der Waals surface area contributed by atoms with Gasteiger partial charge in [0.15, 0.2) is 0 Å². The highest BCUT2D eigenvalue weighted by molar-refractivity contribution is 6.01. The molecule has 334 valence electrons. The lowest BCUT2D eigenvalue weighted by molar-refractivity contribution is -0.139. The van der Waals surface area contributed by atoms with Crippen LogP contribution in [0.25, 0.3) is 0 Å². The highest BCUT2D eigenvalue weighted by atomic mass is 16.4. The summed E-state index contributed by atoms with van der Waals surface area (Å²) in [4.78, 5) is 51.1.